The Morgan fingerprint density at radius 3 is 2.50 bits per heavy atom. The Morgan fingerprint density at radius 2 is 1.77 bits per heavy atom. The minimum absolute atomic E-state index is 0.499. The lowest BCUT2D eigenvalue weighted by molar-refractivity contribution is 0.801. The summed E-state index contributed by atoms with van der Waals surface area (Å²) in [6.07, 6.45) is 1.71. The Hall–Kier alpha value is -1.84. The van der Waals surface area contributed by atoms with Gasteiger partial charge in [0.15, 0.2) is 5.82 Å². The third-order valence-corrected chi connectivity index (χ3v) is 4.26. The van der Waals surface area contributed by atoms with Gasteiger partial charge in [-0.15, -0.1) is 10.2 Å². The van der Waals surface area contributed by atoms with E-state index in [0.717, 1.165) is 5.56 Å². The zero-order valence-electron chi connectivity index (χ0n) is 12.3. The fourth-order valence-electron chi connectivity index (χ4n) is 2.61. The van der Waals surface area contributed by atoms with E-state index in [1.165, 1.54) is 16.7 Å². The van der Waals surface area contributed by atoms with Gasteiger partial charge < -0.3 is 4.57 Å². The third kappa shape index (κ3) is 3.01. The fourth-order valence-corrected chi connectivity index (χ4v) is 3.00. The summed E-state index contributed by atoms with van der Waals surface area (Å²) in [4.78, 5) is 0. The van der Waals surface area contributed by atoms with Crippen molar-refractivity contribution in [3.8, 4) is 11.4 Å². The topological polar surface area (TPSA) is 30.7 Å². The predicted octanol–water partition coefficient (Wildman–Crippen LogP) is 4.92. The molecule has 0 radical (unpaired) electrons. The molecule has 0 aliphatic rings. The maximum absolute atomic E-state index is 6.30. The second-order valence-electron chi connectivity index (χ2n) is 5.38. The van der Waals surface area contributed by atoms with Gasteiger partial charge >= 0.3 is 0 Å². The summed E-state index contributed by atoms with van der Waals surface area (Å²) in [7, 11) is 0. The molecule has 0 spiro atoms. The standard InChI is InChI=1S/C17H15Cl2N3/c1-11-6-12(2)8-13(7-11)9-22-10-20-21-17(22)14-4-3-5-15(18)16(14)19/h3-8,10H,9H2,1-2H3. The van der Waals surface area contributed by atoms with Gasteiger partial charge in [-0.25, -0.2) is 0 Å². The van der Waals surface area contributed by atoms with E-state index in [4.69, 9.17) is 23.2 Å². The summed E-state index contributed by atoms with van der Waals surface area (Å²) in [5.74, 6) is 0.714. The van der Waals surface area contributed by atoms with E-state index in [0.29, 0.717) is 22.4 Å². The number of hydrogen-bond donors (Lipinski definition) is 0. The Morgan fingerprint density at radius 1 is 1.05 bits per heavy atom. The second kappa shape index (κ2) is 6.11. The molecule has 0 unspecified atom stereocenters. The highest BCUT2D eigenvalue weighted by molar-refractivity contribution is 6.43. The summed E-state index contributed by atoms with van der Waals surface area (Å²) in [6.45, 7) is 4.88. The fraction of sp³-hybridized carbons (Fsp3) is 0.176. The molecule has 0 amide bonds. The number of hydrogen-bond acceptors (Lipinski definition) is 2. The Kier molecular flexibility index (Phi) is 4.19. The molecule has 1 heterocycles. The molecule has 0 saturated carbocycles. The lowest BCUT2D eigenvalue weighted by Gasteiger charge is -2.10. The van der Waals surface area contributed by atoms with Crippen LogP contribution in [-0.4, -0.2) is 14.8 Å². The largest absolute Gasteiger partial charge is 0.309 e. The number of halogens is 2. The van der Waals surface area contributed by atoms with Crippen molar-refractivity contribution in [3.63, 3.8) is 0 Å². The zero-order valence-corrected chi connectivity index (χ0v) is 13.9. The normalized spacial score (nSPS) is 10.9. The molecule has 0 saturated heterocycles. The van der Waals surface area contributed by atoms with Crippen LogP contribution in [0.25, 0.3) is 11.4 Å². The molecule has 0 N–H and O–H groups in total. The number of benzene rings is 2. The van der Waals surface area contributed by atoms with Gasteiger partial charge in [-0.3, -0.25) is 0 Å². The van der Waals surface area contributed by atoms with Gasteiger partial charge in [0.1, 0.15) is 6.33 Å². The SMILES string of the molecule is Cc1cc(C)cc(Cn2cnnc2-c2cccc(Cl)c2Cl)c1. The van der Waals surface area contributed by atoms with E-state index >= 15 is 0 Å². The van der Waals surface area contributed by atoms with Crippen molar-refractivity contribution in [1.82, 2.24) is 14.8 Å². The van der Waals surface area contributed by atoms with Crippen molar-refractivity contribution in [1.29, 1.82) is 0 Å². The molecule has 2 aromatic carbocycles. The molecule has 3 aromatic rings. The minimum atomic E-state index is 0.499. The van der Waals surface area contributed by atoms with Crippen LogP contribution in [0.2, 0.25) is 10.0 Å². The average Bonchev–Trinajstić information content (AvgIpc) is 2.88. The molecule has 3 nitrogen and oxygen atoms in total. The highest BCUT2D eigenvalue weighted by Gasteiger charge is 2.13. The lowest BCUT2D eigenvalue weighted by Crippen LogP contribution is -2.02. The van der Waals surface area contributed by atoms with Crippen molar-refractivity contribution in [2.45, 2.75) is 20.4 Å². The van der Waals surface area contributed by atoms with Gasteiger partial charge in [0.25, 0.3) is 0 Å². The van der Waals surface area contributed by atoms with Crippen molar-refractivity contribution < 1.29 is 0 Å². The molecule has 5 heteroatoms. The van der Waals surface area contributed by atoms with Crippen LogP contribution in [0.1, 0.15) is 16.7 Å². The van der Waals surface area contributed by atoms with E-state index in [-0.39, 0.29) is 0 Å². The average molecular weight is 332 g/mol. The molecule has 112 valence electrons. The molecule has 0 fully saturated rings. The molecule has 0 aliphatic carbocycles. The van der Waals surface area contributed by atoms with Crippen LogP contribution in [0, 0.1) is 13.8 Å². The maximum Gasteiger partial charge on any atom is 0.165 e. The summed E-state index contributed by atoms with van der Waals surface area (Å²) in [5.41, 5.74) is 4.48. The first-order valence-corrected chi connectivity index (χ1v) is 7.69. The molecular formula is C17H15Cl2N3. The maximum atomic E-state index is 6.30. The molecule has 0 atom stereocenters. The van der Waals surface area contributed by atoms with Crippen LogP contribution in [0.4, 0.5) is 0 Å². The van der Waals surface area contributed by atoms with Crippen molar-refractivity contribution in [3.05, 3.63) is 69.5 Å². The van der Waals surface area contributed by atoms with Crippen LogP contribution in [0.3, 0.4) is 0 Å². The first-order chi connectivity index (χ1) is 10.5. The highest BCUT2D eigenvalue weighted by atomic mass is 35.5. The summed E-state index contributed by atoms with van der Waals surface area (Å²) >= 11 is 12.4. The van der Waals surface area contributed by atoms with Gasteiger partial charge in [-0.2, -0.15) is 0 Å². The van der Waals surface area contributed by atoms with Gasteiger partial charge in [0.05, 0.1) is 16.6 Å². The van der Waals surface area contributed by atoms with Crippen LogP contribution >= 0.6 is 23.2 Å². The number of aromatic nitrogens is 3. The Balaban J connectivity index is 2.00. The molecule has 0 aliphatic heterocycles. The molecular weight excluding hydrogens is 317 g/mol. The van der Waals surface area contributed by atoms with E-state index in [2.05, 4.69) is 42.2 Å². The van der Waals surface area contributed by atoms with Gasteiger partial charge in [0, 0.05) is 5.56 Å². The first-order valence-electron chi connectivity index (χ1n) is 6.94. The van der Waals surface area contributed by atoms with Crippen LogP contribution < -0.4 is 0 Å². The number of aryl methyl sites for hydroxylation is 2. The molecule has 3 rings (SSSR count). The quantitative estimate of drug-likeness (QED) is 0.682. The summed E-state index contributed by atoms with van der Waals surface area (Å²) < 4.78 is 1.98. The van der Waals surface area contributed by atoms with Crippen molar-refractivity contribution >= 4 is 23.2 Å². The lowest BCUT2D eigenvalue weighted by atomic mass is 10.1. The Bertz CT molecular complexity index is 804. The predicted molar refractivity (Wildman–Crippen MR) is 90.5 cm³/mol. The monoisotopic (exact) mass is 331 g/mol. The number of nitrogens with zero attached hydrogens (tertiary/aromatic N) is 3. The highest BCUT2D eigenvalue weighted by Crippen LogP contribution is 2.32. The van der Waals surface area contributed by atoms with Crippen LogP contribution in [-0.2, 0) is 6.54 Å². The van der Waals surface area contributed by atoms with E-state index in [1.807, 2.05) is 16.7 Å². The van der Waals surface area contributed by atoms with E-state index in [9.17, 15) is 0 Å². The molecule has 22 heavy (non-hydrogen) atoms. The molecule has 0 bridgehead atoms. The smallest absolute Gasteiger partial charge is 0.165 e. The van der Waals surface area contributed by atoms with Crippen LogP contribution in [0.15, 0.2) is 42.7 Å². The summed E-state index contributed by atoms with van der Waals surface area (Å²) in [6, 6.07) is 12.0. The van der Waals surface area contributed by atoms with Crippen LogP contribution in [0.5, 0.6) is 0 Å². The third-order valence-electron chi connectivity index (χ3n) is 3.44. The second-order valence-corrected chi connectivity index (χ2v) is 6.16. The van der Waals surface area contributed by atoms with E-state index < -0.39 is 0 Å². The first kappa shape index (κ1) is 15.1. The van der Waals surface area contributed by atoms with Crippen molar-refractivity contribution in [2.24, 2.45) is 0 Å². The van der Waals surface area contributed by atoms with E-state index in [1.54, 1.807) is 12.4 Å². The Labute approximate surface area is 139 Å². The van der Waals surface area contributed by atoms with Crippen molar-refractivity contribution in [2.75, 3.05) is 0 Å². The summed E-state index contributed by atoms with van der Waals surface area (Å²) in [5, 5.41) is 9.23. The minimum Gasteiger partial charge on any atom is -0.309 e. The zero-order chi connectivity index (χ0) is 15.7. The van der Waals surface area contributed by atoms with Gasteiger partial charge in [0.2, 0.25) is 0 Å². The molecule has 1 aromatic heterocycles. The van der Waals surface area contributed by atoms with Gasteiger partial charge in [-0.05, 0) is 31.5 Å². The number of rotatable bonds is 3. The van der Waals surface area contributed by atoms with Gasteiger partial charge in [-0.1, -0.05) is 58.6 Å².